The van der Waals surface area contributed by atoms with E-state index in [2.05, 4.69) is 0 Å². The molecule has 0 aromatic carbocycles. The molecule has 0 radical (unpaired) electrons. The molecule has 0 aliphatic rings. The summed E-state index contributed by atoms with van der Waals surface area (Å²) in [5.41, 5.74) is 0. The molecule has 10 nitrogen and oxygen atoms in total. The predicted molar refractivity (Wildman–Crippen MR) is 134 cm³/mol. The van der Waals surface area contributed by atoms with E-state index in [9.17, 15) is 0 Å². The summed E-state index contributed by atoms with van der Waals surface area (Å²) < 4.78 is 0. The molecule has 0 aliphatic heterocycles. The fourth-order valence-corrected chi connectivity index (χ4v) is 0. The average Bonchev–Trinajstić information content (AvgIpc) is 2.61. The minimum atomic E-state index is 0. The van der Waals surface area contributed by atoms with Gasteiger partial charge in [-0.3, -0.25) is 0 Å². The second-order valence-corrected chi connectivity index (χ2v) is 2.89. The van der Waals surface area contributed by atoms with Crippen molar-refractivity contribution in [3.63, 3.8) is 0 Å². The molecule has 200 valence electrons. The van der Waals surface area contributed by atoms with Gasteiger partial charge in [0.2, 0.25) is 0 Å². The van der Waals surface area contributed by atoms with Crippen molar-refractivity contribution in [3.8, 4) is 0 Å². The minimum Gasteiger partial charge on any atom is -0.855 e. The fourth-order valence-electron chi connectivity index (χ4n) is 0. The summed E-state index contributed by atoms with van der Waals surface area (Å²) in [5.74, 6) is 0. The standard InChI is InChI=1S/10C2H5O.5Ca/c10*1-2-3;;;;;/h10*2H2,1H3;;;;;/q10*-1;5*+2. The molecule has 0 saturated carbocycles. The minimum absolute atomic E-state index is 0. The first-order chi connectivity index (χ1) is 14.1. The van der Waals surface area contributed by atoms with Gasteiger partial charge in [-0.25, -0.2) is 0 Å². The molecule has 0 unspecified atom stereocenters. The van der Waals surface area contributed by atoms with Gasteiger partial charge in [-0.15, -0.1) is 66.1 Å². The van der Waals surface area contributed by atoms with Gasteiger partial charge >= 0.3 is 189 Å². The fraction of sp³-hybridized carbons (Fsp3) is 1.00. The number of hydrogen-bond donors (Lipinski definition) is 0. The Morgan fingerprint density at radius 2 is 0.200 bits per heavy atom. The van der Waals surface area contributed by atoms with E-state index in [0.717, 1.165) is 0 Å². The van der Waals surface area contributed by atoms with Crippen molar-refractivity contribution in [1.82, 2.24) is 0 Å². The van der Waals surface area contributed by atoms with Crippen LogP contribution in [0.2, 0.25) is 0 Å². The first-order valence-electron chi connectivity index (χ1n) is 9.96. The molecule has 0 bridgehead atoms. The van der Waals surface area contributed by atoms with Gasteiger partial charge in [-0.1, -0.05) is 69.2 Å². The van der Waals surface area contributed by atoms with E-state index >= 15 is 0 Å². The third-order valence-corrected chi connectivity index (χ3v) is 0. The van der Waals surface area contributed by atoms with Crippen LogP contribution in [0.25, 0.3) is 0 Å². The van der Waals surface area contributed by atoms with E-state index in [4.69, 9.17) is 51.1 Å². The molecule has 0 aromatic rings. The van der Waals surface area contributed by atoms with E-state index in [0.29, 0.717) is 0 Å². The van der Waals surface area contributed by atoms with Crippen LogP contribution in [-0.2, 0) is 0 Å². The molecule has 35 heavy (non-hydrogen) atoms. The Balaban J connectivity index is -0.00000000962. The summed E-state index contributed by atoms with van der Waals surface area (Å²) in [4.78, 5) is 0. The summed E-state index contributed by atoms with van der Waals surface area (Å²) in [6.45, 7) is 15.7. The number of hydrogen-bond acceptors (Lipinski definition) is 10. The smallest absolute Gasteiger partial charge is 0.855 e. The SMILES string of the molecule is CC[O-].CC[O-].CC[O-].CC[O-].CC[O-].CC[O-].CC[O-].CC[O-].CC[O-].CC[O-].[Ca+2].[Ca+2].[Ca+2].[Ca+2].[Ca+2]. The third kappa shape index (κ3) is 1650. The quantitative estimate of drug-likeness (QED) is 0.225. The molecule has 0 spiro atoms. The Morgan fingerprint density at radius 3 is 0.200 bits per heavy atom. The zero-order valence-electron chi connectivity index (χ0n) is 24.7. The van der Waals surface area contributed by atoms with Crippen LogP contribution in [0, 0.1) is 0 Å². The summed E-state index contributed by atoms with van der Waals surface area (Å²) in [6.07, 6.45) is 0. The van der Waals surface area contributed by atoms with Gasteiger partial charge in [-0.2, -0.15) is 0 Å². The van der Waals surface area contributed by atoms with E-state index < -0.39 is 0 Å². The molecule has 0 rings (SSSR count). The molecular formula is C20H50Ca5O10. The van der Waals surface area contributed by atoms with Gasteiger partial charge in [0.1, 0.15) is 0 Å². The first kappa shape index (κ1) is 97.1. The molecule has 0 saturated heterocycles. The molecule has 0 N–H and O–H groups in total. The van der Waals surface area contributed by atoms with Crippen molar-refractivity contribution in [2.45, 2.75) is 69.2 Å². The van der Waals surface area contributed by atoms with Gasteiger partial charge in [0.25, 0.3) is 0 Å². The molecule has 15 heteroatoms. The van der Waals surface area contributed by atoms with E-state index in [-0.39, 0.29) is 255 Å². The largest absolute Gasteiger partial charge is 2.00 e. The van der Waals surface area contributed by atoms with E-state index in [1.807, 2.05) is 0 Å². The Bertz CT molecular complexity index is 81.5. The van der Waals surface area contributed by atoms with Crippen molar-refractivity contribution >= 4 is 189 Å². The summed E-state index contributed by atoms with van der Waals surface area (Å²) >= 11 is 0. The summed E-state index contributed by atoms with van der Waals surface area (Å²) in [5, 5.41) is 89.3. The molecule has 0 aliphatic carbocycles. The Labute approximate surface area is 367 Å². The van der Waals surface area contributed by atoms with Crippen LogP contribution >= 0.6 is 0 Å². The first-order valence-corrected chi connectivity index (χ1v) is 9.96. The molecule has 0 fully saturated rings. The van der Waals surface area contributed by atoms with Crippen molar-refractivity contribution in [3.05, 3.63) is 0 Å². The van der Waals surface area contributed by atoms with E-state index in [1.165, 1.54) is 0 Å². The van der Waals surface area contributed by atoms with Crippen LogP contribution in [0.5, 0.6) is 0 Å². The molecule has 0 amide bonds. The molecule has 0 heterocycles. The average molecular weight is 651 g/mol. The van der Waals surface area contributed by atoms with Crippen molar-refractivity contribution < 1.29 is 51.1 Å². The number of rotatable bonds is 0. The van der Waals surface area contributed by atoms with Crippen LogP contribution in [0.15, 0.2) is 0 Å². The van der Waals surface area contributed by atoms with Gasteiger partial charge in [0.05, 0.1) is 0 Å². The van der Waals surface area contributed by atoms with Gasteiger partial charge in [0.15, 0.2) is 0 Å². The zero-order chi connectivity index (χ0) is 27.1. The van der Waals surface area contributed by atoms with Crippen molar-refractivity contribution in [2.75, 3.05) is 66.1 Å². The van der Waals surface area contributed by atoms with Crippen molar-refractivity contribution in [2.24, 2.45) is 0 Å². The molecular weight excluding hydrogens is 601 g/mol. The van der Waals surface area contributed by atoms with Crippen molar-refractivity contribution in [1.29, 1.82) is 0 Å². The van der Waals surface area contributed by atoms with Crippen LogP contribution < -0.4 is 51.1 Å². The van der Waals surface area contributed by atoms with Crippen LogP contribution in [0.4, 0.5) is 0 Å². The van der Waals surface area contributed by atoms with E-state index in [1.54, 1.807) is 69.2 Å². The molecule has 0 atom stereocenters. The Hall–Kier alpha value is 5.90. The van der Waals surface area contributed by atoms with Crippen LogP contribution in [-0.4, -0.2) is 255 Å². The van der Waals surface area contributed by atoms with Gasteiger partial charge in [-0.05, 0) is 0 Å². The summed E-state index contributed by atoms with van der Waals surface area (Å²) in [7, 11) is 0. The van der Waals surface area contributed by atoms with Crippen LogP contribution in [0.3, 0.4) is 0 Å². The normalized spacial score (nSPS) is 5.14. The Morgan fingerprint density at radius 1 is 0.200 bits per heavy atom. The predicted octanol–water partition coefficient (Wildman–Crippen LogP) is -8.24. The zero-order valence-corrected chi connectivity index (χ0v) is 35.7. The monoisotopic (exact) mass is 650 g/mol. The molecule has 0 aromatic heterocycles. The maximum absolute atomic E-state index is 8.93. The Kier molecular flexibility index (Phi) is 662. The van der Waals surface area contributed by atoms with Gasteiger partial charge in [0, 0.05) is 0 Å². The maximum atomic E-state index is 8.93. The second kappa shape index (κ2) is 239. The topological polar surface area (TPSA) is 231 Å². The van der Waals surface area contributed by atoms with Crippen LogP contribution in [0.1, 0.15) is 69.2 Å². The maximum Gasteiger partial charge on any atom is 2.00 e. The third-order valence-electron chi connectivity index (χ3n) is 0. The summed E-state index contributed by atoms with van der Waals surface area (Å²) in [6, 6.07) is 0. The van der Waals surface area contributed by atoms with Gasteiger partial charge < -0.3 is 51.1 Å². The second-order valence-electron chi connectivity index (χ2n) is 2.89.